The number of nitrogens with zero attached hydrogens (tertiary/aromatic N) is 1. The van der Waals surface area contributed by atoms with Crippen molar-refractivity contribution < 1.29 is 13.9 Å². The molecule has 0 aliphatic heterocycles. The van der Waals surface area contributed by atoms with Crippen molar-refractivity contribution in [3.8, 4) is 5.88 Å². The molecule has 0 fully saturated rings. The standard InChI is InChI=1S/C15H10F2N2O/c16-9-5-6-14(12(17)7-9)18-8-11-10-3-1-2-4-13(10)19-15(11)20/h1-8,19-20H. The van der Waals surface area contributed by atoms with Crippen LogP contribution in [0.25, 0.3) is 10.9 Å². The molecule has 3 aromatic rings. The van der Waals surface area contributed by atoms with Gasteiger partial charge in [0.15, 0.2) is 11.7 Å². The van der Waals surface area contributed by atoms with Gasteiger partial charge in [0.2, 0.25) is 0 Å². The molecule has 2 aromatic carbocycles. The lowest BCUT2D eigenvalue weighted by Gasteiger charge is -1.96. The van der Waals surface area contributed by atoms with Crippen LogP contribution >= 0.6 is 0 Å². The van der Waals surface area contributed by atoms with Crippen LogP contribution in [0, 0.1) is 11.6 Å². The highest BCUT2D eigenvalue weighted by Crippen LogP contribution is 2.26. The van der Waals surface area contributed by atoms with E-state index in [0.29, 0.717) is 5.56 Å². The van der Waals surface area contributed by atoms with E-state index in [1.807, 2.05) is 24.3 Å². The van der Waals surface area contributed by atoms with Crippen LogP contribution in [0.1, 0.15) is 5.56 Å². The number of fused-ring (bicyclic) bond motifs is 1. The largest absolute Gasteiger partial charge is 0.494 e. The fraction of sp³-hybridized carbons (Fsp3) is 0. The SMILES string of the molecule is Oc1[nH]c2ccccc2c1C=Nc1ccc(F)cc1F. The van der Waals surface area contributed by atoms with E-state index in [1.165, 1.54) is 12.3 Å². The van der Waals surface area contributed by atoms with E-state index in [9.17, 15) is 13.9 Å². The van der Waals surface area contributed by atoms with Crippen LogP contribution in [-0.4, -0.2) is 16.3 Å². The number of H-pyrrole nitrogens is 1. The van der Waals surface area contributed by atoms with Crippen molar-refractivity contribution in [2.45, 2.75) is 0 Å². The second-order valence-corrected chi connectivity index (χ2v) is 4.29. The van der Waals surface area contributed by atoms with Crippen molar-refractivity contribution in [1.82, 2.24) is 4.98 Å². The zero-order valence-electron chi connectivity index (χ0n) is 10.3. The van der Waals surface area contributed by atoms with E-state index in [1.54, 1.807) is 0 Å². The predicted octanol–water partition coefficient (Wildman–Crippen LogP) is 3.90. The molecule has 0 saturated carbocycles. The highest BCUT2D eigenvalue weighted by molar-refractivity contribution is 6.02. The van der Waals surface area contributed by atoms with Crippen molar-refractivity contribution >= 4 is 22.8 Å². The highest BCUT2D eigenvalue weighted by atomic mass is 19.1. The molecule has 0 spiro atoms. The summed E-state index contributed by atoms with van der Waals surface area (Å²) in [6, 6.07) is 10.4. The second-order valence-electron chi connectivity index (χ2n) is 4.29. The Balaban J connectivity index is 2.04. The fourth-order valence-corrected chi connectivity index (χ4v) is 2.00. The van der Waals surface area contributed by atoms with Gasteiger partial charge < -0.3 is 10.1 Å². The lowest BCUT2D eigenvalue weighted by Crippen LogP contribution is -1.82. The van der Waals surface area contributed by atoms with Gasteiger partial charge in [-0.1, -0.05) is 18.2 Å². The minimum absolute atomic E-state index is 0.0103. The highest BCUT2D eigenvalue weighted by Gasteiger charge is 2.08. The van der Waals surface area contributed by atoms with Crippen molar-refractivity contribution in [3.63, 3.8) is 0 Å². The molecule has 3 nitrogen and oxygen atoms in total. The molecule has 0 radical (unpaired) electrons. The summed E-state index contributed by atoms with van der Waals surface area (Å²) in [7, 11) is 0. The first kappa shape index (κ1) is 12.3. The minimum Gasteiger partial charge on any atom is -0.494 e. The molecule has 0 aliphatic carbocycles. The Hall–Kier alpha value is -2.69. The van der Waals surface area contributed by atoms with Crippen LogP contribution in [0.15, 0.2) is 47.5 Å². The topological polar surface area (TPSA) is 48.4 Å². The van der Waals surface area contributed by atoms with Crippen LogP contribution in [0.4, 0.5) is 14.5 Å². The third-order valence-electron chi connectivity index (χ3n) is 2.97. The summed E-state index contributed by atoms with van der Waals surface area (Å²) in [5.74, 6) is -1.45. The molecule has 0 atom stereocenters. The Kier molecular flexibility index (Phi) is 2.95. The van der Waals surface area contributed by atoms with Gasteiger partial charge in [-0.05, 0) is 18.2 Å². The van der Waals surface area contributed by atoms with Gasteiger partial charge in [-0.2, -0.15) is 0 Å². The number of hydrogen-bond acceptors (Lipinski definition) is 2. The number of aromatic amines is 1. The Morgan fingerprint density at radius 3 is 2.70 bits per heavy atom. The summed E-state index contributed by atoms with van der Waals surface area (Å²) in [5.41, 5.74) is 1.23. The van der Waals surface area contributed by atoms with Crippen LogP contribution in [0.2, 0.25) is 0 Å². The first-order valence-corrected chi connectivity index (χ1v) is 5.94. The monoisotopic (exact) mass is 272 g/mol. The quantitative estimate of drug-likeness (QED) is 0.683. The van der Waals surface area contributed by atoms with Gasteiger partial charge in [-0.3, -0.25) is 4.99 Å². The van der Waals surface area contributed by atoms with Crippen molar-refractivity contribution in [1.29, 1.82) is 0 Å². The maximum absolute atomic E-state index is 13.5. The van der Waals surface area contributed by atoms with E-state index in [0.717, 1.165) is 23.0 Å². The maximum atomic E-state index is 13.5. The number of halogens is 2. The second kappa shape index (κ2) is 4.77. The fourth-order valence-electron chi connectivity index (χ4n) is 2.00. The number of aromatic hydroxyl groups is 1. The van der Waals surface area contributed by atoms with E-state index < -0.39 is 11.6 Å². The zero-order chi connectivity index (χ0) is 14.1. The summed E-state index contributed by atoms with van der Waals surface area (Å²) in [5, 5.41) is 10.6. The predicted molar refractivity (Wildman–Crippen MR) is 73.6 cm³/mol. The molecule has 5 heteroatoms. The molecular formula is C15H10F2N2O. The molecule has 100 valence electrons. The number of nitrogens with one attached hydrogen (secondary N) is 1. The van der Waals surface area contributed by atoms with Crippen LogP contribution in [0.5, 0.6) is 5.88 Å². The number of aliphatic imine (C=N–C) groups is 1. The minimum atomic E-state index is -0.749. The molecule has 20 heavy (non-hydrogen) atoms. The number of aromatic nitrogens is 1. The zero-order valence-corrected chi connectivity index (χ0v) is 10.3. The van der Waals surface area contributed by atoms with E-state index in [4.69, 9.17) is 0 Å². The van der Waals surface area contributed by atoms with Crippen molar-refractivity contribution in [2.24, 2.45) is 4.99 Å². The molecule has 2 N–H and O–H groups in total. The smallest absolute Gasteiger partial charge is 0.198 e. The Labute approximate surface area is 113 Å². The van der Waals surface area contributed by atoms with Crippen LogP contribution in [-0.2, 0) is 0 Å². The van der Waals surface area contributed by atoms with Gasteiger partial charge in [-0.25, -0.2) is 8.78 Å². The molecule has 0 aliphatic rings. The van der Waals surface area contributed by atoms with Crippen molar-refractivity contribution in [3.05, 3.63) is 59.7 Å². The normalized spacial score (nSPS) is 11.5. The van der Waals surface area contributed by atoms with Crippen molar-refractivity contribution in [2.75, 3.05) is 0 Å². The van der Waals surface area contributed by atoms with Gasteiger partial charge in [0.25, 0.3) is 0 Å². The lowest BCUT2D eigenvalue weighted by atomic mass is 10.2. The van der Waals surface area contributed by atoms with Gasteiger partial charge in [0.1, 0.15) is 5.82 Å². The summed E-state index contributed by atoms with van der Waals surface area (Å²) in [6.45, 7) is 0. The molecular weight excluding hydrogens is 262 g/mol. The lowest BCUT2D eigenvalue weighted by molar-refractivity contribution is 0.457. The van der Waals surface area contributed by atoms with E-state index in [-0.39, 0.29) is 11.6 Å². The van der Waals surface area contributed by atoms with E-state index in [2.05, 4.69) is 9.98 Å². The number of hydrogen-bond donors (Lipinski definition) is 2. The Morgan fingerprint density at radius 2 is 1.90 bits per heavy atom. The average molecular weight is 272 g/mol. The summed E-state index contributed by atoms with van der Waals surface area (Å²) < 4.78 is 26.3. The number of benzene rings is 2. The van der Waals surface area contributed by atoms with E-state index >= 15 is 0 Å². The molecule has 0 bridgehead atoms. The third-order valence-corrected chi connectivity index (χ3v) is 2.97. The molecule has 1 heterocycles. The molecule has 1 aromatic heterocycles. The Bertz CT molecular complexity index is 809. The average Bonchev–Trinajstić information content (AvgIpc) is 2.74. The summed E-state index contributed by atoms with van der Waals surface area (Å²) in [4.78, 5) is 6.75. The molecule has 0 unspecified atom stereocenters. The van der Waals surface area contributed by atoms with Crippen LogP contribution in [0.3, 0.4) is 0 Å². The number of rotatable bonds is 2. The third kappa shape index (κ3) is 2.14. The van der Waals surface area contributed by atoms with Gasteiger partial charge in [0.05, 0.1) is 11.3 Å². The van der Waals surface area contributed by atoms with Crippen LogP contribution < -0.4 is 0 Å². The molecule has 0 amide bonds. The van der Waals surface area contributed by atoms with Gasteiger partial charge in [0, 0.05) is 23.2 Å². The van der Waals surface area contributed by atoms with Gasteiger partial charge in [-0.15, -0.1) is 0 Å². The van der Waals surface area contributed by atoms with Gasteiger partial charge >= 0.3 is 0 Å². The summed E-state index contributed by atoms with van der Waals surface area (Å²) in [6.07, 6.45) is 1.35. The molecule has 0 saturated heterocycles. The Morgan fingerprint density at radius 1 is 1.10 bits per heavy atom. The molecule has 3 rings (SSSR count). The first-order chi connectivity index (χ1) is 9.65. The number of para-hydroxylation sites is 1. The summed E-state index contributed by atoms with van der Waals surface area (Å²) >= 11 is 0. The maximum Gasteiger partial charge on any atom is 0.198 e. The first-order valence-electron chi connectivity index (χ1n) is 5.94.